The third kappa shape index (κ3) is 5.46. The number of rotatable bonds is 8. The highest BCUT2D eigenvalue weighted by atomic mass is 16.5. The average Bonchev–Trinajstić information content (AvgIpc) is 2.80. The lowest BCUT2D eigenvalue weighted by molar-refractivity contribution is 0.279. The third-order valence-electron chi connectivity index (χ3n) is 4.57. The Hall–Kier alpha value is -4.16. The van der Waals surface area contributed by atoms with Gasteiger partial charge in [-0.15, -0.1) is 0 Å². The Kier molecular flexibility index (Phi) is 6.98. The van der Waals surface area contributed by atoms with Crippen LogP contribution in [0.5, 0.6) is 23.0 Å². The molecule has 0 saturated heterocycles. The molecule has 3 aromatic carbocycles. The van der Waals surface area contributed by atoms with Crippen LogP contribution in [0.1, 0.15) is 27.8 Å². The van der Waals surface area contributed by atoms with E-state index in [1.165, 1.54) is 0 Å². The Morgan fingerprint density at radius 1 is 0.645 bits per heavy atom. The van der Waals surface area contributed by atoms with Gasteiger partial charge in [0.05, 0.1) is 37.5 Å². The Bertz CT molecular complexity index is 1070. The van der Waals surface area contributed by atoms with Gasteiger partial charge in [0, 0.05) is 12.1 Å². The van der Waals surface area contributed by atoms with E-state index < -0.39 is 0 Å². The molecule has 0 spiro atoms. The first-order valence-corrected chi connectivity index (χ1v) is 9.57. The summed E-state index contributed by atoms with van der Waals surface area (Å²) in [6.45, 7) is 2.70. The summed E-state index contributed by atoms with van der Waals surface area (Å²) in [6, 6.07) is 20.4. The second-order valence-electron chi connectivity index (χ2n) is 6.86. The molecule has 0 heterocycles. The van der Waals surface area contributed by atoms with Crippen LogP contribution in [0.3, 0.4) is 0 Å². The molecule has 0 aliphatic heterocycles. The molecule has 0 fully saturated rings. The number of benzene rings is 3. The number of nitrogens with zero attached hydrogens (tertiary/aromatic N) is 2. The first-order chi connectivity index (χ1) is 15.1. The second-order valence-corrected chi connectivity index (χ2v) is 6.86. The summed E-state index contributed by atoms with van der Waals surface area (Å²) < 4.78 is 22.5. The van der Waals surface area contributed by atoms with E-state index in [1.807, 2.05) is 25.1 Å². The van der Waals surface area contributed by atoms with E-state index >= 15 is 0 Å². The predicted octanol–water partition coefficient (Wildman–Crippen LogP) is 4.91. The van der Waals surface area contributed by atoms with Crippen molar-refractivity contribution in [3.8, 4) is 35.1 Å². The monoisotopic (exact) mass is 414 g/mol. The van der Waals surface area contributed by atoms with Crippen molar-refractivity contribution in [2.75, 3.05) is 14.2 Å². The Labute approximate surface area is 181 Å². The van der Waals surface area contributed by atoms with Crippen LogP contribution in [0.2, 0.25) is 0 Å². The molecular weight excluding hydrogens is 392 g/mol. The van der Waals surface area contributed by atoms with Gasteiger partial charge >= 0.3 is 0 Å². The molecule has 0 radical (unpaired) electrons. The van der Waals surface area contributed by atoms with Crippen molar-refractivity contribution in [3.63, 3.8) is 0 Å². The fourth-order valence-corrected chi connectivity index (χ4v) is 3.15. The van der Waals surface area contributed by atoms with Crippen LogP contribution in [-0.4, -0.2) is 14.2 Å². The normalized spacial score (nSPS) is 9.97. The predicted molar refractivity (Wildman–Crippen MR) is 115 cm³/mol. The van der Waals surface area contributed by atoms with E-state index in [1.54, 1.807) is 50.6 Å². The van der Waals surface area contributed by atoms with Gasteiger partial charge in [0.2, 0.25) is 0 Å². The van der Waals surface area contributed by atoms with Crippen molar-refractivity contribution < 1.29 is 18.9 Å². The van der Waals surface area contributed by atoms with Gasteiger partial charge in [-0.05, 0) is 48.4 Å². The number of hydrogen-bond donors (Lipinski definition) is 0. The van der Waals surface area contributed by atoms with Crippen molar-refractivity contribution in [2.24, 2.45) is 0 Å². The van der Waals surface area contributed by atoms with Crippen LogP contribution in [0.4, 0.5) is 0 Å². The van der Waals surface area contributed by atoms with Crippen molar-refractivity contribution in [3.05, 3.63) is 82.4 Å². The van der Waals surface area contributed by atoms with Crippen LogP contribution >= 0.6 is 0 Å². The number of hydrogen-bond acceptors (Lipinski definition) is 6. The lowest BCUT2D eigenvalue weighted by Crippen LogP contribution is -2.02. The highest BCUT2D eigenvalue weighted by Gasteiger charge is 2.09. The van der Waals surface area contributed by atoms with Gasteiger partial charge in [-0.2, -0.15) is 10.5 Å². The lowest BCUT2D eigenvalue weighted by atomic mass is 10.1. The first-order valence-electron chi connectivity index (χ1n) is 9.57. The Morgan fingerprint density at radius 3 is 1.48 bits per heavy atom. The van der Waals surface area contributed by atoms with Crippen LogP contribution in [0.15, 0.2) is 54.6 Å². The Balaban J connectivity index is 1.71. The number of nitriles is 2. The molecule has 0 aliphatic carbocycles. The molecule has 31 heavy (non-hydrogen) atoms. The first kappa shape index (κ1) is 21.5. The molecule has 6 nitrogen and oxygen atoms in total. The summed E-state index contributed by atoms with van der Waals surface area (Å²) in [7, 11) is 3.09. The number of aryl methyl sites for hydroxylation is 1. The van der Waals surface area contributed by atoms with Gasteiger partial charge in [-0.25, -0.2) is 0 Å². The minimum atomic E-state index is 0.344. The van der Waals surface area contributed by atoms with Crippen molar-refractivity contribution in [1.82, 2.24) is 0 Å². The zero-order valence-electron chi connectivity index (χ0n) is 17.6. The topological polar surface area (TPSA) is 84.5 Å². The third-order valence-corrected chi connectivity index (χ3v) is 4.57. The zero-order valence-corrected chi connectivity index (χ0v) is 17.6. The maximum atomic E-state index is 9.03. The van der Waals surface area contributed by atoms with Gasteiger partial charge < -0.3 is 18.9 Å². The molecular formula is C25H22N2O4. The van der Waals surface area contributed by atoms with Crippen molar-refractivity contribution >= 4 is 0 Å². The lowest BCUT2D eigenvalue weighted by Gasteiger charge is -2.14. The summed E-state index contributed by atoms with van der Waals surface area (Å²) in [5, 5.41) is 18.1. The molecule has 6 heteroatoms. The maximum absolute atomic E-state index is 9.03. The molecule has 0 bridgehead atoms. The minimum Gasteiger partial charge on any atom is -0.493 e. The zero-order chi connectivity index (χ0) is 22.2. The maximum Gasteiger partial charge on any atom is 0.162 e. The molecule has 0 aromatic heterocycles. The van der Waals surface area contributed by atoms with Gasteiger partial charge in [0.1, 0.15) is 13.2 Å². The second kappa shape index (κ2) is 10.0. The fourth-order valence-electron chi connectivity index (χ4n) is 3.15. The summed E-state index contributed by atoms with van der Waals surface area (Å²) in [4.78, 5) is 0. The summed E-state index contributed by atoms with van der Waals surface area (Å²) in [6.07, 6.45) is 0. The van der Waals surface area contributed by atoms with Gasteiger partial charge in [-0.3, -0.25) is 0 Å². The molecule has 156 valence electrons. The average molecular weight is 414 g/mol. The van der Waals surface area contributed by atoms with Crippen LogP contribution in [0, 0.1) is 29.6 Å². The van der Waals surface area contributed by atoms with E-state index in [0.29, 0.717) is 47.3 Å². The van der Waals surface area contributed by atoms with Gasteiger partial charge in [0.15, 0.2) is 23.0 Å². The highest BCUT2D eigenvalue weighted by molar-refractivity contribution is 5.48. The molecule has 0 atom stereocenters. The van der Waals surface area contributed by atoms with Crippen LogP contribution in [-0.2, 0) is 13.2 Å². The van der Waals surface area contributed by atoms with E-state index in [-0.39, 0.29) is 0 Å². The summed E-state index contributed by atoms with van der Waals surface area (Å²) in [5.41, 5.74) is 4.07. The quantitative estimate of drug-likeness (QED) is 0.520. The highest BCUT2D eigenvalue weighted by Crippen LogP contribution is 2.30. The van der Waals surface area contributed by atoms with E-state index in [2.05, 4.69) is 12.1 Å². The van der Waals surface area contributed by atoms with Gasteiger partial charge in [0.25, 0.3) is 0 Å². The molecule has 0 amide bonds. The standard InChI is InChI=1S/C25H22N2O4/c1-17-8-20(15-30-22-6-4-18(13-26)11-24(22)28-2)10-21(9-17)16-31-23-7-5-19(14-27)12-25(23)29-3/h4-12H,15-16H2,1-3H3. The molecule has 0 saturated carbocycles. The summed E-state index contributed by atoms with van der Waals surface area (Å²) in [5.74, 6) is 2.18. The van der Waals surface area contributed by atoms with Crippen LogP contribution < -0.4 is 18.9 Å². The van der Waals surface area contributed by atoms with Crippen LogP contribution in [0.25, 0.3) is 0 Å². The molecule has 3 aromatic rings. The number of ether oxygens (including phenoxy) is 4. The largest absolute Gasteiger partial charge is 0.493 e. The number of methoxy groups -OCH3 is 2. The smallest absolute Gasteiger partial charge is 0.162 e. The molecule has 0 aliphatic rings. The Morgan fingerprint density at radius 2 is 1.10 bits per heavy atom. The molecule has 0 unspecified atom stereocenters. The molecule has 0 N–H and O–H groups in total. The minimum absolute atomic E-state index is 0.344. The van der Waals surface area contributed by atoms with E-state index in [0.717, 1.165) is 16.7 Å². The summed E-state index contributed by atoms with van der Waals surface area (Å²) >= 11 is 0. The fraction of sp³-hybridized carbons (Fsp3) is 0.200. The van der Waals surface area contributed by atoms with Crippen molar-refractivity contribution in [1.29, 1.82) is 10.5 Å². The van der Waals surface area contributed by atoms with Crippen molar-refractivity contribution in [2.45, 2.75) is 20.1 Å². The van der Waals surface area contributed by atoms with Gasteiger partial charge in [-0.1, -0.05) is 17.7 Å². The van der Waals surface area contributed by atoms with E-state index in [4.69, 9.17) is 29.5 Å². The SMILES string of the molecule is COc1cc(C#N)ccc1OCc1cc(C)cc(COc2ccc(C#N)cc2OC)c1. The van der Waals surface area contributed by atoms with E-state index in [9.17, 15) is 0 Å². The molecule has 3 rings (SSSR count).